The first kappa shape index (κ1) is 15.7. The molecule has 0 unspecified atom stereocenters. The Hall–Kier alpha value is -2.14. The number of aromatic amines is 1. The Morgan fingerprint density at radius 2 is 2.00 bits per heavy atom. The zero-order chi connectivity index (χ0) is 16.4. The molecule has 122 valence electrons. The van der Waals surface area contributed by atoms with Gasteiger partial charge in [-0.2, -0.15) is 0 Å². The standard InChI is InChI=1S/C18H23N3O2/c1-11-10-16(22)21-18(19-11)12(2)20-17(13-4-5-13)14-6-8-15(23-3)9-7-14/h6-10,12-13,17,20H,4-5H2,1-3H3,(H,19,21,22)/t12-,17+/m1/s1. The summed E-state index contributed by atoms with van der Waals surface area (Å²) in [5.74, 6) is 2.19. The third kappa shape index (κ3) is 3.79. The van der Waals surface area contributed by atoms with Crippen molar-refractivity contribution in [1.82, 2.24) is 15.3 Å². The van der Waals surface area contributed by atoms with Crippen LogP contribution in [-0.4, -0.2) is 17.1 Å². The van der Waals surface area contributed by atoms with Crippen LogP contribution in [-0.2, 0) is 0 Å². The molecule has 2 atom stereocenters. The Balaban J connectivity index is 1.80. The van der Waals surface area contributed by atoms with Gasteiger partial charge >= 0.3 is 0 Å². The van der Waals surface area contributed by atoms with Crippen molar-refractivity contribution >= 4 is 0 Å². The number of H-pyrrole nitrogens is 1. The van der Waals surface area contributed by atoms with Gasteiger partial charge in [0.25, 0.3) is 5.56 Å². The Bertz CT molecular complexity index is 720. The number of ether oxygens (including phenoxy) is 1. The van der Waals surface area contributed by atoms with Gasteiger partial charge in [0.05, 0.1) is 13.2 Å². The van der Waals surface area contributed by atoms with Gasteiger partial charge in [-0.25, -0.2) is 4.98 Å². The maximum absolute atomic E-state index is 11.7. The second kappa shape index (κ2) is 6.54. The van der Waals surface area contributed by atoms with Crippen molar-refractivity contribution in [3.63, 3.8) is 0 Å². The molecule has 1 heterocycles. The highest BCUT2D eigenvalue weighted by atomic mass is 16.5. The Morgan fingerprint density at radius 3 is 2.57 bits per heavy atom. The van der Waals surface area contributed by atoms with Crippen LogP contribution in [0.4, 0.5) is 0 Å². The van der Waals surface area contributed by atoms with Gasteiger partial charge in [0.2, 0.25) is 0 Å². The Kier molecular flexibility index (Phi) is 4.48. The number of aromatic nitrogens is 2. The molecule has 0 aliphatic heterocycles. The summed E-state index contributed by atoms with van der Waals surface area (Å²) in [6.45, 7) is 3.88. The van der Waals surface area contributed by atoms with Crippen molar-refractivity contribution in [2.75, 3.05) is 7.11 Å². The van der Waals surface area contributed by atoms with Gasteiger partial charge in [0.1, 0.15) is 11.6 Å². The zero-order valence-corrected chi connectivity index (χ0v) is 13.8. The molecule has 1 aromatic heterocycles. The van der Waals surface area contributed by atoms with Gasteiger partial charge in [-0.3, -0.25) is 4.79 Å². The summed E-state index contributed by atoms with van der Waals surface area (Å²) in [6.07, 6.45) is 2.46. The molecule has 3 rings (SSSR count). The lowest BCUT2D eigenvalue weighted by molar-refractivity contribution is 0.407. The fourth-order valence-electron chi connectivity index (χ4n) is 2.90. The smallest absolute Gasteiger partial charge is 0.251 e. The Labute approximate surface area is 136 Å². The molecule has 2 N–H and O–H groups in total. The van der Waals surface area contributed by atoms with E-state index in [-0.39, 0.29) is 17.6 Å². The summed E-state index contributed by atoms with van der Waals surface area (Å²) in [7, 11) is 1.67. The lowest BCUT2D eigenvalue weighted by Gasteiger charge is -2.23. The number of hydrogen-bond acceptors (Lipinski definition) is 4. The molecular formula is C18H23N3O2. The number of methoxy groups -OCH3 is 1. The number of hydrogen-bond donors (Lipinski definition) is 2. The van der Waals surface area contributed by atoms with Gasteiger partial charge < -0.3 is 15.0 Å². The van der Waals surface area contributed by atoms with Crippen LogP contribution in [0.3, 0.4) is 0 Å². The molecule has 0 spiro atoms. The summed E-state index contributed by atoms with van der Waals surface area (Å²) >= 11 is 0. The van der Waals surface area contributed by atoms with Crippen LogP contribution in [0, 0.1) is 12.8 Å². The maximum Gasteiger partial charge on any atom is 0.251 e. The number of nitrogens with one attached hydrogen (secondary N) is 2. The average molecular weight is 313 g/mol. The van der Waals surface area contributed by atoms with Crippen molar-refractivity contribution in [2.24, 2.45) is 5.92 Å². The molecule has 5 nitrogen and oxygen atoms in total. The molecule has 1 aromatic carbocycles. The molecule has 0 bridgehead atoms. The normalized spacial score (nSPS) is 16.8. The van der Waals surface area contributed by atoms with E-state index in [0.717, 1.165) is 11.4 Å². The number of benzene rings is 1. The summed E-state index contributed by atoms with van der Waals surface area (Å²) in [5.41, 5.74) is 1.88. The first-order chi connectivity index (χ1) is 11.1. The minimum absolute atomic E-state index is 0.0182. The molecule has 0 saturated heterocycles. The van der Waals surface area contributed by atoms with E-state index in [2.05, 4.69) is 27.4 Å². The topological polar surface area (TPSA) is 67.0 Å². The van der Waals surface area contributed by atoms with Crippen LogP contribution in [0.25, 0.3) is 0 Å². The van der Waals surface area contributed by atoms with E-state index in [9.17, 15) is 4.79 Å². The van der Waals surface area contributed by atoms with E-state index in [0.29, 0.717) is 11.7 Å². The van der Waals surface area contributed by atoms with Crippen molar-refractivity contribution in [2.45, 2.75) is 38.8 Å². The van der Waals surface area contributed by atoms with Crippen molar-refractivity contribution in [3.8, 4) is 5.75 Å². The van der Waals surface area contributed by atoms with E-state index in [1.54, 1.807) is 7.11 Å². The predicted molar refractivity (Wildman–Crippen MR) is 89.6 cm³/mol. The highest BCUT2D eigenvalue weighted by Crippen LogP contribution is 2.42. The summed E-state index contributed by atoms with van der Waals surface area (Å²) in [6, 6.07) is 9.95. The van der Waals surface area contributed by atoms with Gasteiger partial charge in [-0.05, 0) is 50.3 Å². The molecule has 1 aliphatic rings. The van der Waals surface area contributed by atoms with E-state index in [1.807, 2.05) is 26.0 Å². The SMILES string of the molecule is COc1ccc([C@@H](N[C@H](C)c2nc(C)cc(=O)[nH]2)C2CC2)cc1. The van der Waals surface area contributed by atoms with Gasteiger partial charge in [0.15, 0.2) is 0 Å². The van der Waals surface area contributed by atoms with Crippen molar-refractivity contribution in [3.05, 3.63) is 57.8 Å². The number of aryl methyl sites for hydroxylation is 1. The molecule has 0 radical (unpaired) electrons. The van der Waals surface area contributed by atoms with Gasteiger partial charge in [0, 0.05) is 17.8 Å². The second-order valence-corrected chi connectivity index (χ2v) is 6.25. The predicted octanol–water partition coefficient (Wildman–Crippen LogP) is 2.89. The summed E-state index contributed by atoms with van der Waals surface area (Å²) in [4.78, 5) is 18.9. The quantitative estimate of drug-likeness (QED) is 0.860. The van der Waals surface area contributed by atoms with Crippen molar-refractivity contribution < 1.29 is 4.74 Å². The third-order valence-electron chi connectivity index (χ3n) is 4.30. The molecule has 0 amide bonds. The van der Waals surface area contributed by atoms with Crippen molar-refractivity contribution in [1.29, 1.82) is 0 Å². The molecular weight excluding hydrogens is 290 g/mol. The fourth-order valence-corrected chi connectivity index (χ4v) is 2.90. The Morgan fingerprint density at radius 1 is 1.30 bits per heavy atom. The average Bonchev–Trinajstić information content (AvgIpc) is 3.36. The van der Waals surface area contributed by atoms with Crippen LogP contribution < -0.4 is 15.6 Å². The molecule has 23 heavy (non-hydrogen) atoms. The lowest BCUT2D eigenvalue weighted by atomic mass is 10.0. The van der Waals surface area contributed by atoms with E-state index in [1.165, 1.54) is 24.5 Å². The third-order valence-corrected chi connectivity index (χ3v) is 4.30. The first-order valence-electron chi connectivity index (χ1n) is 8.04. The lowest BCUT2D eigenvalue weighted by Crippen LogP contribution is -2.29. The minimum Gasteiger partial charge on any atom is -0.497 e. The number of rotatable bonds is 6. The van der Waals surface area contributed by atoms with Crippen LogP contribution in [0.5, 0.6) is 5.75 Å². The van der Waals surface area contributed by atoms with Crippen LogP contribution >= 0.6 is 0 Å². The van der Waals surface area contributed by atoms with E-state index >= 15 is 0 Å². The van der Waals surface area contributed by atoms with Gasteiger partial charge in [-0.15, -0.1) is 0 Å². The zero-order valence-electron chi connectivity index (χ0n) is 13.8. The fraction of sp³-hybridized carbons (Fsp3) is 0.444. The highest BCUT2D eigenvalue weighted by molar-refractivity contribution is 5.30. The summed E-state index contributed by atoms with van der Waals surface area (Å²) in [5, 5.41) is 3.63. The van der Waals surface area contributed by atoms with Gasteiger partial charge in [-0.1, -0.05) is 12.1 Å². The van der Waals surface area contributed by atoms with Crippen LogP contribution in [0.15, 0.2) is 35.1 Å². The molecule has 1 saturated carbocycles. The highest BCUT2D eigenvalue weighted by Gasteiger charge is 2.33. The van der Waals surface area contributed by atoms with E-state index in [4.69, 9.17) is 4.74 Å². The largest absolute Gasteiger partial charge is 0.497 e. The second-order valence-electron chi connectivity index (χ2n) is 6.25. The first-order valence-corrected chi connectivity index (χ1v) is 8.04. The van der Waals surface area contributed by atoms with E-state index < -0.39 is 0 Å². The van der Waals surface area contributed by atoms with Crippen LogP contribution in [0.1, 0.15) is 48.9 Å². The maximum atomic E-state index is 11.7. The molecule has 1 fully saturated rings. The molecule has 1 aliphatic carbocycles. The minimum atomic E-state index is -0.103. The van der Waals surface area contributed by atoms with Crippen LogP contribution in [0.2, 0.25) is 0 Å². The summed E-state index contributed by atoms with van der Waals surface area (Å²) < 4.78 is 5.23. The number of nitrogens with zero attached hydrogens (tertiary/aromatic N) is 1. The monoisotopic (exact) mass is 313 g/mol. The molecule has 2 aromatic rings. The molecule has 5 heteroatoms.